The smallest absolute Gasteiger partial charge is 0.237 e. The highest BCUT2D eigenvalue weighted by Crippen LogP contribution is 2.45. The summed E-state index contributed by atoms with van der Waals surface area (Å²) in [4.78, 5) is 31.5. The summed E-state index contributed by atoms with van der Waals surface area (Å²) in [6.07, 6.45) is 5.53. The van der Waals surface area contributed by atoms with Gasteiger partial charge in [-0.1, -0.05) is 36.9 Å². The van der Waals surface area contributed by atoms with Crippen LogP contribution in [0.4, 0.5) is 5.69 Å². The van der Waals surface area contributed by atoms with Crippen molar-refractivity contribution in [1.82, 2.24) is 9.80 Å². The van der Waals surface area contributed by atoms with Crippen LogP contribution in [0.5, 0.6) is 0 Å². The number of nitrogens with zero attached hydrogens (tertiary/aromatic N) is 3. The van der Waals surface area contributed by atoms with Gasteiger partial charge in [-0.15, -0.1) is 0 Å². The molecule has 26 heavy (non-hydrogen) atoms. The number of benzene rings is 1. The first-order chi connectivity index (χ1) is 12.6. The van der Waals surface area contributed by atoms with Crippen LogP contribution in [0.1, 0.15) is 38.5 Å². The molecule has 3 fully saturated rings. The van der Waals surface area contributed by atoms with Crippen molar-refractivity contribution in [2.75, 3.05) is 37.7 Å². The Morgan fingerprint density at radius 2 is 1.73 bits per heavy atom. The average Bonchev–Trinajstić information content (AvgIpc) is 2.87. The van der Waals surface area contributed by atoms with Crippen LogP contribution in [-0.2, 0) is 9.59 Å². The van der Waals surface area contributed by atoms with Gasteiger partial charge in [0.15, 0.2) is 0 Å². The van der Waals surface area contributed by atoms with E-state index in [1.165, 1.54) is 11.3 Å². The number of piperazine rings is 1. The highest BCUT2D eigenvalue weighted by atomic mass is 35.5. The third-order valence-electron chi connectivity index (χ3n) is 6.19. The van der Waals surface area contributed by atoms with E-state index in [1.54, 1.807) is 0 Å². The first-order valence-corrected chi connectivity index (χ1v) is 10.0. The summed E-state index contributed by atoms with van der Waals surface area (Å²) in [5.41, 5.74) is 0.754. The number of hydrogen-bond donors (Lipinski definition) is 0. The number of anilines is 1. The largest absolute Gasteiger partial charge is 0.369 e. The molecule has 1 aliphatic carbocycles. The van der Waals surface area contributed by atoms with Crippen molar-refractivity contribution in [2.24, 2.45) is 5.41 Å². The van der Waals surface area contributed by atoms with E-state index < -0.39 is 0 Å². The fourth-order valence-electron chi connectivity index (χ4n) is 4.64. The third kappa shape index (κ3) is 3.35. The minimum absolute atomic E-state index is 0.0224. The summed E-state index contributed by atoms with van der Waals surface area (Å²) < 4.78 is 0. The summed E-state index contributed by atoms with van der Waals surface area (Å²) in [7, 11) is 0. The van der Waals surface area contributed by atoms with Crippen LogP contribution in [0.3, 0.4) is 0 Å². The Kier molecular flexibility index (Phi) is 4.93. The summed E-state index contributed by atoms with van der Waals surface area (Å²) in [6, 6.07) is 7.90. The van der Waals surface area contributed by atoms with Gasteiger partial charge in [0.25, 0.3) is 0 Å². The lowest BCUT2D eigenvalue weighted by atomic mass is 9.73. The van der Waals surface area contributed by atoms with Gasteiger partial charge < -0.3 is 4.90 Å². The van der Waals surface area contributed by atoms with Crippen molar-refractivity contribution in [3.63, 3.8) is 0 Å². The molecule has 1 saturated carbocycles. The lowest BCUT2D eigenvalue weighted by Crippen LogP contribution is -2.51. The number of halogens is 1. The second-order valence-electron chi connectivity index (χ2n) is 7.87. The molecule has 0 atom stereocenters. The topological polar surface area (TPSA) is 43.9 Å². The molecule has 0 N–H and O–H groups in total. The van der Waals surface area contributed by atoms with E-state index in [0.29, 0.717) is 13.1 Å². The second kappa shape index (κ2) is 7.20. The molecule has 0 radical (unpaired) electrons. The number of rotatable bonds is 3. The molecule has 140 valence electrons. The molecule has 1 aromatic rings. The van der Waals surface area contributed by atoms with Gasteiger partial charge in [-0.05, 0) is 31.0 Å². The van der Waals surface area contributed by atoms with Gasteiger partial charge in [0.1, 0.15) is 0 Å². The van der Waals surface area contributed by atoms with Crippen molar-refractivity contribution in [1.29, 1.82) is 0 Å². The van der Waals surface area contributed by atoms with Crippen LogP contribution in [0, 0.1) is 5.41 Å². The number of likely N-dealkylation sites (tertiary alicyclic amines) is 1. The highest BCUT2D eigenvalue weighted by molar-refractivity contribution is 6.30. The molecule has 1 aromatic carbocycles. The molecule has 6 heteroatoms. The molecule has 0 bridgehead atoms. The Morgan fingerprint density at radius 1 is 1.00 bits per heavy atom. The Hall–Kier alpha value is -1.59. The van der Waals surface area contributed by atoms with Crippen LogP contribution >= 0.6 is 11.6 Å². The van der Waals surface area contributed by atoms with Crippen LogP contribution < -0.4 is 4.90 Å². The summed E-state index contributed by atoms with van der Waals surface area (Å²) in [5, 5.41) is 0.746. The zero-order valence-electron chi connectivity index (χ0n) is 15.1. The zero-order valence-corrected chi connectivity index (χ0v) is 15.9. The summed E-state index contributed by atoms with van der Waals surface area (Å²) in [5.74, 6) is 0.105. The van der Waals surface area contributed by atoms with Gasteiger partial charge in [0, 0.05) is 43.3 Å². The first-order valence-electron chi connectivity index (χ1n) is 9.65. The minimum Gasteiger partial charge on any atom is -0.369 e. The van der Waals surface area contributed by atoms with Gasteiger partial charge in [-0.3, -0.25) is 19.4 Å². The van der Waals surface area contributed by atoms with E-state index in [4.69, 9.17) is 11.6 Å². The fraction of sp³-hybridized carbons (Fsp3) is 0.600. The molecule has 5 nitrogen and oxygen atoms in total. The van der Waals surface area contributed by atoms with Crippen molar-refractivity contribution in [2.45, 2.75) is 38.5 Å². The molecule has 2 amide bonds. The molecule has 0 unspecified atom stereocenters. The third-order valence-corrected chi connectivity index (χ3v) is 6.42. The van der Waals surface area contributed by atoms with Crippen LogP contribution in [0.2, 0.25) is 5.02 Å². The normalized spacial score (nSPS) is 23.9. The molecule has 2 heterocycles. The van der Waals surface area contributed by atoms with Crippen molar-refractivity contribution < 1.29 is 9.59 Å². The highest BCUT2D eigenvalue weighted by Gasteiger charge is 2.51. The maximum absolute atomic E-state index is 12.9. The Bertz CT molecular complexity index is 694. The molecule has 3 aliphatic rings. The van der Waals surface area contributed by atoms with E-state index >= 15 is 0 Å². The van der Waals surface area contributed by atoms with Crippen LogP contribution in [0.15, 0.2) is 24.3 Å². The first kappa shape index (κ1) is 17.8. The van der Waals surface area contributed by atoms with E-state index in [9.17, 15) is 9.59 Å². The van der Waals surface area contributed by atoms with Gasteiger partial charge >= 0.3 is 0 Å². The predicted molar refractivity (Wildman–Crippen MR) is 102 cm³/mol. The second-order valence-corrected chi connectivity index (χ2v) is 8.31. The van der Waals surface area contributed by atoms with Gasteiger partial charge in [0.05, 0.1) is 12.1 Å². The molecule has 4 rings (SSSR count). The molecule has 1 spiro atoms. The standard InChI is InChI=1S/C20H26ClN3O2/c21-16-5-4-6-17(13-16)23-11-9-22(10-12-23)15-24-18(25)14-20(19(24)26)7-2-1-3-8-20/h4-6,13H,1-3,7-12,14-15H2. The number of imide groups is 1. The monoisotopic (exact) mass is 375 g/mol. The molecular weight excluding hydrogens is 350 g/mol. The van der Waals surface area contributed by atoms with Crippen LogP contribution in [0.25, 0.3) is 0 Å². The van der Waals surface area contributed by atoms with Gasteiger partial charge in [-0.2, -0.15) is 0 Å². The predicted octanol–water partition coefficient (Wildman–Crippen LogP) is 3.13. The van der Waals surface area contributed by atoms with E-state index in [1.807, 2.05) is 18.2 Å². The van der Waals surface area contributed by atoms with Gasteiger partial charge in [-0.25, -0.2) is 0 Å². The van der Waals surface area contributed by atoms with E-state index in [-0.39, 0.29) is 17.2 Å². The quantitative estimate of drug-likeness (QED) is 0.761. The minimum atomic E-state index is -0.377. The lowest BCUT2D eigenvalue weighted by molar-refractivity contribution is -0.144. The van der Waals surface area contributed by atoms with E-state index in [0.717, 1.165) is 62.6 Å². The molecule has 2 saturated heterocycles. The maximum atomic E-state index is 12.9. The summed E-state index contributed by atoms with van der Waals surface area (Å²) >= 11 is 6.09. The number of carbonyl (C=O) groups is 2. The van der Waals surface area contributed by atoms with Crippen molar-refractivity contribution in [3.05, 3.63) is 29.3 Å². The number of amides is 2. The van der Waals surface area contributed by atoms with Crippen LogP contribution in [-0.4, -0.2) is 54.5 Å². The maximum Gasteiger partial charge on any atom is 0.237 e. The fourth-order valence-corrected chi connectivity index (χ4v) is 4.83. The number of hydrogen-bond acceptors (Lipinski definition) is 4. The average molecular weight is 376 g/mol. The van der Waals surface area contributed by atoms with Crippen molar-refractivity contribution in [3.8, 4) is 0 Å². The van der Waals surface area contributed by atoms with E-state index in [2.05, 4.69) is 15.9 Å². The Labute approximate surface area is 159 Å². The lowest BCUT2D eigenvalue weighted by Gasteiger charge is -2.38. The molecule has 2 aliphatic heterocycles. The Balaban J connectivity index is 1.35. The molecular formula is C20H26ClN3O2. The van der Waals surface area contributed by atoms with Gasteiger partial charge in [0.2, 0.25) is 11.8 Å². The zero-order chi connectivity index (χ0) is 18.1. The Morgan fingerprint density at radius 3 is 2.42 bits per heavy atom. The molecule has 0 aromatic heterocycles. The van der Waals surface area contributed by atoms with Crippen molar-refractivity contribution >= 4 is 29.1 Å². The SMILES string of the molecule is O=C1CC2(CCCCC2)C(=O)N1CN1CCN(c2cccc(Cl)c2)CC1. The summed E-state index contributed by atoms with van der Waals surface area (Å²) in [6.45, 7) is 3.89. The number of carbonyl (C=O) groups excluding carboxylic acids is 2.